The van der Waals surface area contributed by atoms with Gasteiger partial charge in [-0.15, -0.1) is 0 Å². The largest absolute Gasteiger partial charge is 0.493 e. The Labute approximate surface area is 237 Å². The van der Waals surface area contributed by atoms with E-state index >= 15 is 0 Å². The van der Waals surface area contributed by atoms with E-state index in [-0.39, 0.29) is 34.8 Å². The van der Waals surface area contributed by atoms with Gasteiger partial charge in [-0.2, -0.15) is 4.37 Å². The molecule has 0 bridgehead atoms. The van der Waals surface area contributed by atoms with Gasteiger partial charge in [-0.05, 0) is 61.0 Å². The molecule has 11 heteroatoms. The SMILES string of the molecule is COc1ccc([C@@H](C(=O)NC2CCCC2)N(CCc2cccc(C)c2)C(=O)c2snc(C(N)=O)c2N)cc1OC. The van der Waals surface area contributed by atoms with Crippen LogP contribution in [0.3, 0.4) is 0 Å². The third-order valence-electron chi connectivity index (χ3n) is 7.13. The number of carbonyl (C=O) groups is 3. The molecule has 1 saturated carbocycles. The number of hydrogen-bond acceptors (Lipinski definition) is 8. The van der Waals surface area contributed by atoms with E-state index in [4.69, 9.17) is 20.9 Å². The minimum absolute atomic E-state index is 0.0267. The number of ether oxygens (including phenoxy) is 2. The molecule has 1 heterocycles. The Morgan fingerprint density at radius 2 is 1.82 bits per heavy atom. The fourth-order valence-electron chi connectivity index (χ4n) is 5.07. The molecule has 3 aromatic rings. The summed E-state index contributed by atoms with van der Waals surface area (Å²) in [6.45, 7) is 2.19. The summed E-state index contributed by atoms with van der Waals surface area (Å²) in [5, 5.41) is 3.15. The maximum Gasteiger partial charge on any atom is 0.270 e. The van der Waals surface area contributed by atoms with Crippen molar-refractivity contribution < 1.29 is 23.9 Å². The number of nitrogens with zero attached hydrogens (tertiary/aromatic N) is 2. The topological polar surface area (TPSA) is 150 Å². The summed E-state index contributed by atoms with van der Waals surface area (Å²) < 4.78 is 14.9. The second-order valence-electron chi connectivity index (χ2n) is 9.88. The molecule has 3 amide bonds. The number of methoxy groups -OCH3 is 2. The molecule has 40 heavy (non-hydrogen) atoms. The van der Waals surface area contributed by atoms with E-state index in [1.165, 1.54) is 19.1 Å². The summed E-state index contributed by atoms with van der Waals surface area (Å²) in [5.41, 5.74) is 14.0. The predicted molar refractivity (Wildman–Crippen MR) is 154 cm³/mol. The Hall–Kier alpha value is -4.12. The number of nitrogens with one attached hydrogen (secondary N) is 1. The van der Waals surface area contributed by atoms with Crippen LogP contribution >= 0.6 is 11.5 Å². The molecule has 1 aliphatic rings. The van der Waals surface area contributed by atoms with Crippen LogP contribution in [-0.4, -0.2) is 53.8 Å². The summed E-state index contributed by atoms with van der Waals surface area (Å²) in [6, 6.07) is 12.1. The van der Waals surface area contributed by atoms with Gasteiger partial charge < -0.3 is 31.2 Å². The molecular formula is C29H35N5O5S. The number of nitrogen functional groups attached to an aromatic ring is 1. The number of hydrogen-bond donors (Lipinski definition) is 3. The molecule has 1 atom stereocenters. The minimum atomic E-state index is -1.02. The van der Waals surface area contributed by atoms with Crippen molar-refractivity contribution in [3.8, 4) is 11.5 Å². The number of rotatable bonds is 11. The Balaban J connectivity index is 1.80. The van der Waals surface area contributed by atoms with E-state index in [0.29, 0.717) is 23.5 Å². The van der Waals surface area contributed by atoms with Crippen LogP contribution < -0.4 is 26.3 Å². The summed E-state index contributed by atoms with van der Waals surface area (Å²) in [6.07, 6.45) is 4.32. The van der Waals surface area contributed by atoms with Crippen LogP contribution in [0.2, 0.25) is 0 Å². The van der Waals surface area contributed by atoms with Crippen molar-refractivity contribution in [3.63, 3.8) is 0 Å². The van der Waals surface area contributed by atoms with Gasteiger partial charge >= 0.3 is 0 Å². The second-order valence-corrected chi connectivity index (χ2v) is 10.7. The van der Waals surface area contributed by atoms with Gasteiger partial charge in [0.1, 0.15) is 10.9 Å². The smallest absolute Gasteiger partial charge is 0.270 e. The fraction of sp³-hybridized carbons (Fsp3) is 0.379. The second kappa shape index (κ2) is 12.8. The molecule has 2 aromatic carbocycles. The number of nitrogens with two attached hydrogens (primary N) is 2. The summed E-state index contributed by atoms with van der Waals surface area (Å²) in [7, 11) is 3.04. The highest BCUT2D eigenvalue weighted by Gasteiger charge is 2.36. The van der Waals surface area contributed by atoms with Gasteiger partial charge in [0.2, 0.25) is 5.91 Å². The Bertz CT molecular complexity index is 1380. The van der Waals surface area contributed by atoms with Crippen LogP contribution in [-0.2, 0) is 11.2 Å². The van der Waals surface area contributed by atoms with E-state index in [1.54, 1.807) is 18.2 Å². The molecule has 0 unspecified atom stereocenters. The zero-order valence-corrected chi connectivity index (χ0v) is 23.8. The van der Waals surface area contributed by atoms with Crippen molar-refractivity contribution >= 4 is 34.9 Å². The van der Waals surface area contributed by atoms with Crippen LogP contribution in [0.15, 0.2) is 42.5 Å². The average molecular weight is 566 g/mol. The monoisotopic (exact) mass is 565 g/mol. The lowest BCUT2D eigenvalue weighted by Crippen LogP contribution is -2.46. The van der Waals surface area contributed by atoms with Gasteiger partial charge in [0.15, 0.2) is 17.2 Å². The van der Waals surface area contributed by atoms with Crippen molar-refractivity contribution in [1.82, 2.24) is 14.6 Å². The molecule has 212 valence electrons. The van der Waals surface area contributed by atoms with Crippen molar-refractivity contribution in [2.75, 3.05) is 26.5 Å². The molecule has 1 fully saturated rings. The zero-order chi connectivity index (χ0) is 28.8. The van der Waals surface area contributed by atoms with Crippen LogP contribution in [0.5, 0.6) is 11.5 Å². The standard InChI is InChI=1S/C29H35N5O5S/c1-17-7-6-8-18(15-17)13-14-34(29(37)26-23(30)24(27(31)35)33-40-26)25(28(36)32-20-9-4-5-10-20)19-11-12-21(38-2)22(16-19)39-3/h6-8,11-12,15-16,20,25H,4-5,9-10,13-14,30H2,1-3H3,(H2,31,35)(H,32,36)/t25-/m0/s1. The van der Waals surface area contributed by atoms with E-state index in [1.807, 2.05) is 31.2 Å². The first kappa shape index (κ1) is 28.9. The van der Waals surface area contributed by atoms with Crippen molar-refractivity contribution in [2.24, 2.45) is 5.73 Å². The normalized spacial score (nSPS) is 14.0. The number of carbonyl (C=O) groups excluding carboxylic acids is 3. The first-order valence-corrected chi connectivity index (χ1v) is 13.9. The highest BCUT2D eigenvalue weighted by molar-refractivity contribution is 7.09. The third-order valence-corrected chi connectivity index (χ3v) is 7.98. The molecular weight excluding hydrogens is 530 g/mol. The third kappa shape index (κ3) is 6.36. The molecule has 1 aromatic heterocycles. The van der Waals surface area contributed by atoms with E-state index in [0.717, 1.165) is 48.3 Å². The molecule has 0 spiro atoms. The number of aryl methyl sites for hydroxylation is 1. The lowest BCUT2D eigenvalue weighted by Gasteiger charge is -2.32. The summed E-state index contributed by atoms with van der Waals surface area (Å²) in [4.78, 5) is 41.5. The van der Waals surface area contributed by atoms with Gasteiger partial charge in [-0.3, -0.25) is 14.4 Å². The Morgan fingerprint density at radius 1 is 1.10 bits per heavy atom. The number of anilines is 1. The van der Waals surface area contributed by atoms with E-state index in [9.17, 15) is 14.4 Å². The van der Waals surface area contributed by atoms with Gasteiger partial charge in [0, 0.05) is 12.6 Å². The van der Waals surface area contributed by atoms with Crippen LogP contribution in [0, 0.1) is 6.92 Å². The van der Waals surface area contributed by atoms with Crippen LogP contribution in [0.4, 0.5) is 5.69 Å². The lowest BCUT2D eigenvalue weighted by atomic mass is 10.0. The van der Waals surface area contributed by atoms with Crippen molar-refractivity contribution in [2.45, 2.75) is 51.1 Å². The molecule has 0 saturated heterocycles. The van der Waals surface area contributed by atoms with Crippen molar-refractivity contribution in [3.05, 3.63) is 69.7 Å². The quantitative estimate of drug-likeness (QED) is 0.321. The Kier molecular flexibility index (Phi) is 9.26. The number of benzene rings is 2. The summed E-state index contributed by atoms with van der Waals surface area (Å²) in [5.74, 6) is -0.726. The first-order valence-electron chi connectivity index (χ1n) is 13.2. The molecule has 4 rings (SSSR count). The summed E-state index contributed by atoms with van der Waals surface area (Å²) >= 11 is 0.793. The number of primary amides is 1. The highest BCUT2D eigenvalue weighted by atomic mass is 32.1. The minimum Gasteiger partial charge on any atom is -0.493 e. The number of aromatic nitrogens is 1. The molecule has 1 aliphatic carbocycles. The van der Waals surface area contributed by atoms with Gasteiger partial charge in [-0.25, -0.2) is 0 Å². The lowest BCUT2D eigenvalue weighted by molar-refractivity contribution is -0.126. The van der Waals surface area contributed by atoms with Crippen LogP contribution in [0.25, 0.3) is 0 Å². The molecule has 10 nitrogen and oxygen atoms in total. The first-order chi connectivity index (χ1) is 19.2. The van der Waals surface area contributed by atoms with Gasteiger partial charge in [0.05, 0.1) is 19.9 Å². The number of amides is 3. The fourth-order valence-corrected chi connectivity index (χ4v) is 5.83. The Morgan fingerprint density at radius 3 is 2.45 bits per heavy atom. The average Bonchev–Trinajstić information content (AvgIpc) is 3.59. The maximum atomic E-state index is 14.2. The van der Waals surface area contributed by atoms with Crippen LogP contribution in [0.1, 0.15) is 68.6 Å². The molecule has 0 aliphatic heterocycles. The highest BCUT2D eigenvalue weighted by Crippen LogP contribution is 2.35. The predicted octanol–water partition coefficient (Wildman–Crippen LogP) is 3.63. The molecule has 0 radical (unpaired) electrons. The van der Waals surface area contributed by atoms with E-state index < -0.39 is 17.9 Å². The van der Waals surface area contributed by atoms with Crippen molar-refractivity contribution in [1.29, 1.82) is 0 Å². The van der Waals surface area contributed by atoms with E-state index in [2.05, 4.69) is 9.69 Å². The van der Waals surface area contributed by atoms with Gasteiger partial charge in [-0.1, -0.05) is 48.7 Å². The van der Waals surface area contributed by atoms with Gasteiger partial charge in [0.25, 0.3) is 11.8 Å². The maximum absolute atomic E-state index is 14.2. The molecule has 5 N–H and O–H groups in total. The zero-order valence-electron chi connectivity index (χ0n) is 22.9.